The zero-order valence-electron chi connectivity index (χ0n) is 39.1. The van der Waals surface area contributed by atoms with Gasteiger partial charge in [0.05, 0.1) is 52.6 Å². The van der Waals surface area contributed by atoms with Gasteiger partial charge in [0, 0.05) is 26.2 Å². The summed E-state index contributed by atoms with van der Waals surface area (Å²) in [6.07, 6.45) is 0.387. The summed E-state index contributed by atoms with van der Waals surface area (Å²) in [7, 11) is 5.10. The summed E-state index contributed by atoms with van der Waals surface area (Å²) in [5.41, 5.74) is -1.27. The molecule has 0 amide bonds. The Kier molecular flexibility index (Phi) is 14.6. The summed E-state index contributed by atoms with van der Waals surface area (Å²) in [4.78, 5) is 45.2. The molecule has 4 heterocycles. The molecule has 5 atom stereocenters. The molecular weight excluding hydrogens is 864 g/mol. The number of rotatable bonds is 20. The topological polar surface area (TPSA) is 188 Å². The molecule has 2 aliphatic heterocycles. The number of nitrogens with zero attached hydrogens (tertiary/aromatic N) is 7. The number of nitriles is 1. The summed E-state index contributed by atoms with van der Waals surface area (Å²) in [5, 5.41) is 9.48. The number of hydrogen-bond donors (Lipinski definition) is 1. The Bertz CT molecular complexity index is 2520. The van der Waals surface area contributed by atoms with E-state index < -0.39 is 55.1 Å². The highest BCUT2D eigenvalue weighted by Crippen LogP contribution is 2.56. The van der Waals surface area contributed by atoms with Crippen LogP contribution in [0.15, 0.2) is 95.0 Å². The van der Waals surface area contributed by atoms with E-state index in [1.807, 2.05) is 93.0 Å². The molecule has 2 aliphatic rings. The molecule has 350 valence electrons. The van der Waals surface area contributed by atoms with Gasteiger partial charge in [-0.15, -0.1) is 0 Å². The lowest BCUT2D eigenvalue weighted by Crippen LogP contribution is -2.49. The van der Waals surface area contributed by atoms with E-state index in [1.165, 1.54) is 12.7 Å². The monoisotopic (exact) mass is 922 g/mol. The molecule has 2 aromatic heterocycles. The third-order valence-electron chi connectivity index (χ3n) is 11.5. The minimum absolute atomic E-state index is 0.0214. The Morgan fingerprint density at radius 2 is 1.61 bits per heavy atom. The molecule has 5 aromatic rings. The number of aliphatic imine (C=N–C) groups is 1. The average molecular weight is 923 g/mol. The lowest BCUT2D eigenvalue weighted by atomic mass is 9.79. The second-order valence-electron chi connectivity index (χ2n) is 17.7. The van der Waals surface area contributed by atoms with Gasteiger partial charge in [0.15, 0.2) is 17.4 Å². The predicted molar refractivity (Wildman–Crippen MR) is 250 cm³/mol. The summed E-state index contributed by atoms with van der Waals surface area (Å²) < 4.78 is 49.7. The minimum atomic E-state index is -1.76. The van der Waals surface area contributed by atoms with Gasteiger partial charge in [-0.1, -0.05) is 54.6 Å². The van der Waals surface area contributed by atoms with Crippen molar-refractivity contribution in [3.63, 3.8) is 0 Å². The highest BCUT2D eigenvalue weighted by molar-refractivity contribution is 7.51. The molecule has 17 nitrogen and oxygen atoms in total. The molecular formula is C48H59N8O9P. The second-order valence-corrected chi connectivity index (χ2v) is 19.4. The number of methoxy groups -OCH3 is 2. The predicted octanol–water partition coefficient (Wildman–Crippen LogP) is 7.08. The second kappa shape index (κ2) is 20.0. The Morgan fingerprint density at radius 3 is 2.17 bits per heavy atom. The molecule has 0 saturated carbocycles. The van der Waals surface area contributed by atoms with Crippen LogP contribution < -0.4 is 15.0 Å². The molecule has 2 bridgehead atoms. The van der Waals surface area contributed by atoms with Crippen LogP contribution in [0.4, 0.5) is 5.95 Å². The van der Waals surface area contributed by atoms with E-state index in [1.54, 1.807) is 37.5 Å². The number of H-pyrrole nitrogens is 1. The van der Waals surface area contributed by atoms with Crippen LogP contribution in [-0.2, 0) is 33.9 Å². The van der Waals surface area contributed by atoms with Crippen LogP contribution in [0.25, 0.3) is 11.2 Å². The molecule has 3 aromatic carbocycles. The number of aromatic amines is 1. The van der Waals surface area contributed by atoms with Crippen LogP contribution in [0.3, 0.4) is 0 Å². The third-order valence-corrected chi connectivity index (χ3v) is 13.9. The highest BCUT2D eigenvalue weighted by Gasteiger charge is 2.65. The number of nitrogens with one attached hydrogen (secondary N) is 1. The van der Waals surface area contributed by atoms with Crippen molar-refractivity contribution in [3.05, 3.63) is 112 Å². The van der Waals surface area contributed by atoms with Crippen molar-refractivity contribution < 1.29 is 37.7 Å². The van der Waals surface area contributed by atoms with Crippen molar-refractivity contribution in [3.8, 4) is 17.6 Å². The van der Waals surface area contributed by atoms with Gasteiger partial charge >= 0.3 is 5.97 Å². The summed E-state index contributed by atoms with van der Waals surface area (Å²) in [6, 6.07) is 27.4. The lowest BCUT2D eigenvalue weighted by Gasteiger charge is -2.42. The van der Waals surface area contributed by atoms with E-state index in [4.69, 9.17) is 37.9 Å². The fourth-order valence-electron chi connectivity index (χ4n) is 8.61. The molecule has 0 radical (unpaired) electrons. The van der Waals surface area contributed by atoms with Gasteiger partial charge < -0.3 is 37.8 Å². The Morgan fingerprint density at radius 1 is 1.00 bits per heavy atom. The normalized spacial score (nSPS) is 20.1. The van der Waals surface area contributed by atoms with E-state index >= 15 is 0 Å². The first-order valence-electron chi connectivity index (χ1n) is 21.8. The van der Waals surface area contributed by atoms with Crippen molar-refractivity contribution in [1.29, 1.82) is 5.26 Å². The molecule has 2 saturated heterocycles. The van der Waals surface area contributed by atoms with E-state index in [0.717, 1.165) is 16.7 Å². The van der Waals surface area contributed by atoms with Crippen molar-refractivity contribution in [1.82, 2.24) is 29.1 Å². The van der Waals surface area contributed by atoms with Crippen LogP contribution >= 0.6 is 8.30 Å². The molecule has 2 fully saturated rings. The molecule has 7 rings (SSSR count). The first-order chi connectivity index (χ1) is 31.5. The molecule has 1 N–H and O–H groups in total. The smallest absolute Gasteiger partial charge is 0.314 e. The minimum Gasteiger partial charge on any atom is -0.497 e. The van der Waals surface area contributed by atoms with Gasteiger partial charge in [0.25, 0.3) is 5.56 Å². The highest BCUT2D eigenvalue weighted by atomic mass is 31.2. The average Bonchev–Trinajstić information content (AvgIpc) is 3.96. The van der Waals surface area contributed by atoms with Crippen LogP contribution in [0.2, 0.25) is 0 Å². The number of aromatic nitrogens is 4. The van der Waals surface area contributed by atoms with Gasteiger partial charge in [-0.25, -0.2) is 9.98 Å². The Labute approximate surface area is 386 Å². The summed E-state index contributed by atoms with van der Waals surface area (Å²) in [5.74, 6) is 0.929. The van der Waals surface area contributed by atoms with Crippen LogP contribution in [0.1, 0.15) is 70.9 Å². The standard InChI is InChI=1S/C48H59N8O9P/c1-31(2)56(32(3)4)66(26-38(57)63-46(5,6)24-25-49)65-41-40-44(55-30-50-39-42(55)52-45(53-43(39)58)51-29-54(7)8)64-47(41,27-61-40)28-62-48(33-14-12-11-13-15-33,34-16-20-36(59-9)21-17-34)35-18-22-37(60-10)23-19-35/h11-23,29-32,40-41,44H,24,26-28H2,1-10H3,(H,52,53,58)/t40-,41?,44+,47+,66?/m0/s1. The fraction of sp³-hybridized carbons (Fsp3) is 0.458. The molecule has 0 spiro atoms. The van der Waals surface area contributed by atoms with E-state index in [-0.39, 0.29) is 55.0 Å². The number of hydrogen-bond acceptors (Lipinski definition) is 14. The van der Waals surface area contributed by atoms with Crippen LogP contribution in [-0.4, -0.2) is 125 Å². The van der Waals surface area contributed by atoms with Gasteiger partial charge in [-0.05, 0) is 82.5 Å². The maximum absolute atomic E-state index is 13.9. The Hall–Kier alpha value is -5.73. The summed E-state index contributed by atoms with van der Waals surface area (Å²) in [6.45, 7) is 11.6. The van der Waals surface area contributed by atoms with Gasteiger partial charge in [-0.2, -0.15) is 10.2 Å². The number of carbonyl (C=O) groups is 1. The number of carbonyl (C=O) groups excluding carboxylic acids is 1. The number of ether oxygens (including phenoxy) is 6. The van der Waals surface area contributed by atoms with E-state index in [2.05, 4.69) is 53.4 Å². The molecule has 0 aliphatic carbocycles. The quantitative estimate of drug-likeness (QED) is 0.0274. The number of fused-ring (bicyclic) bond motifs is 3. The van der Waals surface area contributed by atoms with Crippen molar-refractivity contribution >= 4 is 37.7 Å². The number of esters is 1. The molecule has 18 heteroatoms. The van der Waals surface area contributed by atoms with Gasteiger partial charge in [0.1, 0.15) is 55.0 Å². The van der Waals surface area contributed by atoms with E-state index in [0.29, 0.717) is 11.5 Å². The van der Waals surface area contributed by atoms with Gasteiger partial charge in [-0.3, -0.25) is 23.8 Å². The van der Waals surface area contributed by atoms with Crippen LogP contribution in [0.5, 0.6) is 11.5 Å². The largest absolute Gasteiger partial charge is 0.497 e. The zero-order valence-corrected chi connectivity index (χ0v) is 40.0. The van der Waals surface area contributed by atoms with Crippen LogP contribution in [0, 0.1) is 11.3 Å². The maximum atomic E-state index is 13.9. The molecule has 2 unspecified atom stereocenters. The van der Waals surface area contributed by atoms with Crippen molar-refractivity contribution in [2.24, 2.45) is 4.99 Å². The van der Waals surface area contributed by atoms with Crippen molar-refractivity contribution in [2.45, 2.75) is 95.3 Å². The van der Waals surface area contributed by atoms with Gasteiger partial charge in [0.2, 0.25) is 5.95 Å². The SMILES string of the molecule is COc1ccc(C(OC[C@]23CO[C@@H](C2OP(CC(=O)OC(C)(C)CC#N)N(C(C)C)C(C)C)[C@H](n2cnc4c(=O)[nH]c(N=CN(C)C)nc42)O3)(c2ccccc2)c2ccc(OC)cc2)cc1. The third kappa shape index (κ3) is 9.85. The number of benzene rings is 3. The fourth-order valence-corrected chi connectivity index (χ4v) is 10.8. The maximum Gasteiger partial charge on any atom is 0.314 e. The number of imidazole rings is 1. The Balaban J connectivity index is 1.38. The molecule has 66 heavy (non-hydrogen) atoms. The first kappa shape index (κ1) is 48.2. The summed E-state index contributed by atoms with van der Waals surface area (Å²) >= 11 is 0. The van der Waals surface area contributed by atoms with E-state index in [9.17, 15) is 14.9 Å². The zero-order chi connectivity index (χ0) is 47.4. The van der Waals surface area contributed by atoms with Crippen molar-refractivity contribution in [2.75, 3.05) is 47.7 Å². The lowest BCUT2D eigenvalue weighted by molar-refractivity contribution is -0.201. The first-order valence-corrected chi connectivity index (χ1v) is 23.2.